The zero-order valence-corrected chi connectivity index (χ0v) is 6.28. The molecule has 0 atom stereocenters. The molecule has 0 unspecified atom stereocenters. The predicted molar refractivity (Wildman–Crippen MR) is 41.5 cm³/mol. The molecule has 0 aliphatic rings. The quantitative estimate of drug-likeness (QED) is 0.572. The van der Waals surface area contributed by atoms with Crippen molar-refractivity contribution in [2.75, 3.05) is 0 Å². The fourth-order valence-electron chi connectivity index (χ4n) is 0.932. The van der Waals surface area contributed by atoms with Crippen LogP contribution in [0.25, 0.3) is 0 Å². The highest BCUT2D eigenvalue weighted by molar-refractivity contribution is 5.49. The Bertz CT molecular complexity index is 314. The van der Waals surface area contributed by atoms with Crippen LogP contribution < -0.4 is 5.56 Å². The molecule has 1 heterocycles. The van der Waals surface area contributed by atoms with Crippen LogP contribution in [0.15, 0.2) is 23.0 Å². The Balaban J connectivity index is 3.20. The first-order chi connectivity index (χ1) is 5.25. The zero-order chi connectivity index (χ0) is 8.27. The topological polar surface area (TPSA) is 39.1 Å². The van der Waals surface area contributed by atoms with Gasteiger partial charge in [-0.2, -0.15) is 0 Å². The van der Waals surface area contributed by atoms with Crippen molar-refractivity contribution in [1.82, 2.24) is 4.57 Å². The summed E-state index contributed by atoms with van der Waals surface area (Å²) in [6.45, 7) is 1.94. The zero-order valence-electron chi connectivity index (χ0n) is 6.28. The number of aromatic nitrogens is 1. The Kier molecular flexibility index (Phi) is 2.21. The molecule has 0 amide bonds. The van der Waals surface area contributed by atoms with Crippen LogP contribution in [0.5, 0.6) is 0 Å². The van der Waals surface area contributed by atoms with Crippen LogP contribution in [0.4, 0.5) is 0 Å². The van der Waals surface area contributed by atoms with E-state index >= 15 is 0 Å². The maximum atomic E-state index is 11.0. The van der Waals surface area contributed by atoms with Gasteiger partial charge in [-0.3, -0.25) is 4.79 Å². The fourth-order valence-corrected chi connectivity index (χ4v) is 0.932. The molecule has 0 radical (unpaired) electrons. The molecule has 0 saturated heterocycles. The molecule has 0 aliphatic carbocycles. The first-order valence-electron chi connectivity index (χ1n) is 3.36. The number of hydrogen-bond acceptors (Lipinski definition) is 2. The Hall–Kier alpha value is -1.38. The van der Waals surface area contributed by atoms with E-state index in [1.54, 1.807) is 19.1 Å². The third-order valence-corrected chi connectivity index (χ3v) is 1.53. The van der Waals surface area contributed by atoms with E-state index in [4.69, 9.17) is 0 Å². The van der Waals surface area contributed by atoms with Gasteiger partial charge in [0.25, 0.3) is 5.56 Å². The highest BCUT2D eigenvalue weighted by Gasteiger charge is 1.95. The Morgan fingerprint density at radius 2 is 2.27 bits per heavy atom. The lowest BCUT2D eigenvalue weighted by Crippen LogP contribution is -2.21. The Labute approximate surface area is 64.3 Å². The van der Waals surface area contributed by atoms with Crippen LogP contribution in [0.3, 0.4) is 0 Å². The van der Waals surface area contributed by atoms with Crippen molar-refractivity contribution in [1.29, 1.82) is 0 Å². The molecule has 58 valence electrons. The lowest BCUT2D eigenvalue weighted by Gasteiger charge is -2.02. The van der Waals surface area contributed by atoms with Crippen molar-refractivity contribution in [3.63, 3.8) is 0 Å². The van der Waals surface area contributed by atoms with Crippen LogP contribution in [-0.2, 0) is 11.3 Å². The molecule has 0 aromatic carbocycles. The van der Waals surface area contributed by atoms with Gasteiger partial charge >= 0.3 is 0 Å². The van der Waals surface area contributed by atoms with Crippen molar-refractivity contribution < 1.29 is 4.79 Å². The van der Waals surface area contributed by atoms with Crippen LogP contribution in [-0.4, -0.2) is 10.9 Å². The highest BCUT2D eigenvalue weighted by atomic mass is 16.1. The van der Waals surface area contributed by atoms with Crippen molar-refractivity contribution >= 4 is 6.29 Å². The number of hydrogen-bond donors (Lipinski definition) is 0. The third kappa shape index (κ3) is 1.55. The minimum absolute atomic E-state index is 0.128. The summed E-state index contributed by atoms with van der Waals surface area (Å²) in [4.78, 5) is 21.2. The number of aryl methyl sites for hydroxylation is 1. The Morgan fingerprint density at radius 1 is 1.55 bits per heavy atom. The lowest BCUT2D eigenvalue weighted by atomic mass is 10.3. The smallest absolute Gasteiger partial charge is 0.251 e. The molecule has 1 rings (SSSR count). The van der Waals surface area contributed by atoms with Gasteiger partial charge in [-0.15, -0.1) is 0 Å². The van der Waals surface area contributed by atoms with Gasteiger partial charge in [0.05, 0.1) is 6.54 Å². The molecular weight excluding hydrogens is 142 g/mol. The van der Waals surface area contributed by atoms with Gasteiger partial charge in [0, 0.05) is 11.8 Å². The van der Waals surface area contributed by atoms with E-state index in [9.17, 15) is 9.59 Å². The van der Waals surface area contributed by atoms with Crippen molar-refractivity contribution in [3.8, 4) is 0 Å². The molecular formula is C8H9NO2. The van der Waals surface area contributed by atoms with Gasteiger partial charge in [0.15, 0.2) is 0 Å². The Morgan fingerprint density at radius 3 is 2.82 bits per heavy atom. The normalized spacial score (nSPS) is 9.55. The summed E-state index contributed by atoms with van der Waals surface area (Å²) in [7, 11) is 0. The third-order valence-electron chi connectivity index (χ3n) is 1.53. The van der Waals surface area contributed by atoms with E-state index in [1.807, 2.05) is 0 Å². The first-order valence-corrected chi connectivity index (χ1v) is 3.36. The number of aldehydes is 1. The molecule has 3 heteroatoms. The van der Waals surface area contributed by atoms with Gasteiger partial charge in [0.2, 0.25) is 0 Å². The summed E-state index contributed by atoms with van der Waals surface area (Å²) in [5.74, 6) is 0. The molecule has 0 N–H and O–H groups in total. The van der Waals surface area contributed by atoms with Gasteiger partial charge in [0.1, 0.15) is 6.29 Å². The molecule has 3 nitrogen and oxygen atoms in total. The summed E-state index contributed by atoms with van der Waals surface area (Å²) in [6.07, 6.45) is 0.717. The number of carbonyl (C=O) groups excluding carboxylic acids is 1. The molecule has 0 bridgehead atoms. The van der Waals surface area contributed by atoms with E-state index in [-0.39, 0.29) is 12.1 Å². The second kappa shape index (κ2) is 3.14. The number of pyridine rings is 1. The minimum Gasteiger partial charge on any atom is -0.306 e. The minimum atomic E-state index is -0.128. The maximum Gasteiger partial charge on any atom is 0.251 e. The number of carbonyl (C=O) groups is 1. The summed E-state index contributed by atoms with van der Waals surface area (Å²) in [5.41, 5.74) is 0.682. The largest absolute Gasteiger partial charge is 0.306 e. The van der Waals surface area contributed by atoms with E-state index in [2.05, 4.69) is 0 Å². The van der Waals surface area contributed by atoms with E-state index in [0.717, 1.165) is 5.69 Å². The average Bonchev–Trinajstić information content (AvgIpc) is 1.97. The number of nitrogens with zero attached hydrogens (tertiary/aromatic N) is 1. The SMILES string of the molecule is Cc1cccc(=O)n1CC=O. The van der Waals surface area contributed by atoms with E-state index in [1.165, 1.54) is 10.6 Å². The second-order valence-corrected chi connectivity index (χ2v) is 2.28. The highest BCUT2D eigenvalue weighted by Crippen LogP contribution is 1.90. The van der Waals surface area contributed by atoms with E-state index in [0.29, 0.717) is 6.29 Å². The molecule has 1 aromatic heterocycles. The van der Waals surface area contributed by atoms with Crippen LogP contribution in [0.2, 0.25) is 0 Å². The van der Waals surface area contributed by atoms with Crippen molar-refractivity contribution in [3.05, 3.63) is 34.2 Å². The van der Waals surface area contributed by atoms with Gasteiger partial charge < -0.3 is 9.36 Å². The van der Waals surface area contributed by atoms with Gasteiger partial charge in [-0.1, -0.05) is 6.07 Å². The monoisotopic (exact) mass is 151 g/mol. The molecule has 11 heavy (non-hydrogen) atoms. The number of rotatable bonds is 2. The van der Waals surface area contributed by atoms with Gasteiger partial charge in [-0.25, -0.2) is 0 Å². The molecule has 0 aliphatic heterocycles. The van der Waals surface area contributed by atoms with Crippen molar-refractivity contribution in [2.45, 2.75) is 13.5 Å². The lowest BCUT2D eigenvalue weighted by molar-refractivity contribution is -0.108. The summed E-state index contributed by atoms with van der Waals surface area (Å²) >= 11 is 0. The second-order valence-electron chi connectivity index (χ2n) is 2.28. The predicted octanol–water partition coefficient (Wildman–Crippen LogP) is 0.356. The molecule has 0 saturated carbocycles. The fraction of sp³-hybridized carbons (Fsp3) is 0.250. The molecule has 0 spiro atoms. The van der Waals surface area contributed by atoms with Crippen LogP contribution in [0.1, 0.15) is 5.69 Å². The van der Waals surface area contributed by atoms with Crippen LogP contribution in [0, 0.1) is 6.92 Å². The van der Waals surface area contributed by atoms with Crippen molar-refractivity contribution in [2.24, 2.45) is 0 Å². The molecule has 0 fully saturated rings. The first kappa shape index (κ1) is 7.72. The van der Waals surface area contributed by atoms with Crippen LogP contribution >= 0.6 is 0 Å². The standard InChI is InChI=1S/C8H9NO2/c1-7-3-2-4-8(11)9(7)5-6-10/h2-4,6H,5H2,1H3. The average molecular weight is 151 g/mol. The maximum absolute atomic E-state index is 11.0. The molecule has 1 aromatic rings. The van der Waals surface area contributed by atoms with Gasteiger partial charge in [-0.05, 0) is 13.0 Å². The van der Waals surface area contributed by atoms with E-state index < -0.39 is 0 Å². The summed E-state index contributed by atoms with van der Waals surface area (Å²) in [6, 6.07) is 4.92. The summed E-state index contributed by atoms with van der Waals surface area (Å²) in [5, 5.41) is 0. The summed E-state index contributed by atoms with van der Waals surface area (Å²) < 4.78 is 1.42.